The van der Waals surface area contributed by atoms with Crippen molar-refractivity contribution in [2.45, 2.75) is 32.5 Å². The molecular formula is C9H15FN2O2. The zero-order chi connectivity index (χ0) is 10.9. The highest BCUT2D eigenvalue weighted by Crippen LogP contribution is 2.18. The lowest BCUT2D eigenvalue weighted by atomic mass is 10.0. The van der Waals surface area contributed by atoms with Crippen molar-refractivity contribution in [3.05, 3.63) is 0 Å². The lowest BCUT2D eigenvalue weighted by Gasteiger charge is -2.41. The molecular weight excluding hydrogens is 187 g/mol. The maximum absolute atomic E-state index is 13.2. The summed E-state index contributed by atoms with van der Waals surface area (Å²) in [5.74, 6) is -0.638. The summed E-state index contributed by atoms with van der Waals surface area (Å²) < 4.78 is 13.2. The van der Waals surface area contributed by atoms with Crippen molar-refractivity contribution in [1.82, 2.24) is 10.2 Å². The van der Waals surface area contributed by atoms with Gasteiger partial charge in [-0.2, -0.15) is 0 Å². The quantitative estimate of drug-likeness (QED) is 0.689. The highest BCUT2D eigenvalue weighted by Gasteiger charge is 2.38. The van der Waals surface area contributed by atoms with Gasteiger partial charge in [-0.3, -0.25) is 9.59 Å². The van der Waals surface area contributed by atoms with E-state index in [1.54, 1.807) is 0 Å². The van der Waals surface area contributed by atoms with Crippen LogP contribution in [0.25, 0.3) is 0 Å². The highest BCUT2D eigenvalue weighted by atomic mass is 19.1. The molecule has 1 heterocycles. The molecule has 0 spiro atoms. The number of nitrogens with one attached hydrogen (secondary N) is 1. The van der Waals surface area contributed by atoms with Crippen molar-refractivity contribution in [2.24, 2.45) is 0 Å². The molecule has 0 atom stereocenters. The minimum Gasteiger partial charge on any atom is -0.350 e. The van der Waals surface area contributed by atoms with Gasteiger partial charge in [-0.15, -0.1) is 0 Å². The van der Waals surface area contributed by atoms with Gasteiger partial charge >= 0.3 is 0 Å². The number of hydrogen-bond acceptors (Lipinski definition) is 2. The van der Waals surface area contributed by atoms with Gasteiger partial charge in [0.25, 0.3) is 5.91 Å². The number of rotatable bonds is 2. The summed E-state index contributed by atoms with van der Waals surface area (Å²) in [6.07, 6.45) is 0. The Kier molecular flexibility index (Phi) is 2.78. The van der Waals surface area contributed by atoms with E-state index in [2.05, 4.69) is 5.32 Å². The van der Waals surface area contributed by atoms with Crippen LogP contribution in [-0.2, 0) is 9.59 Å². The molecule has 0 saturated carbocycles. The first-order chi connectivity index (χ1) is 6.30. The first-order valence-electron chi connectivity index (χ1n) is 4.56. The third-order valence-electron chi connectivity index (χ3n) is 2.08. The Morgan fingerprint density at radius 3 is 2.29 bits per heavy atom. The third kappa shape index (κ3) is 2.43. The van der Waals surface area contributed by atoms with Gasteiger partial charge in [-0.25, -0.2) is 4.39 Å². The molecule has 1 aliphatic heterocycles. The second-order valence-electron chi connectivity index (χ2n) is 4.08. The Balaban J connectivity index is 2.35. The van der Waals surface area contributed by atoms with Gasteiger partial charge in [-0.05, 0) is 13.8 Å². The minimum atomic E-state index is -1.82. The fourth-order valence-corrected chi connectivity index (χ4v) is 1.40. The summed E-state index contributed by atoms with van der Waals surface area (Å²) in [5, 5.41) is 2.66. The van der Waals surface area contributed by atoms with Crippen LogP contribution in [0.4, 0.5) is 4.39 Å². The maximum atomic E-state index is 13.2. The first-order valence-corrected chi connectivity index (χ1v) is 4.56. The summed E-state index contributed by atoms with van der Waals surface area (Å²) in [4.78, 5) is 23.4. The van der Waals surface area contributed by atoms with Crippen molar-refractivity contribution >= 4 is 11.8 Å². The van der Waals surface area contributed by atoms with E-state index in [1.807, 2.05) is 0 Å². The van der Waals surface area contributed by atoms with Gasteiger partial charge in [0, 0.05) is 20.0 Å². The average Bonchev–Trinajstić information content (AvgIpc) is 1.92. The molecule has 1 N–H and O–H groups in total. The van der Waals surface area contributed by atoms with Crippen LogP contribution >= 0.6 is 0 Å². The molecule has 1 rings (SSSR count). The summed E-state index contributed by atoms with van der Waals surface area (Å²) in [6.45, 7) is 4.71. The van der Waals surface area contributed by atoms with Crippen molar-refractivity contribution in [3.63, 3.8) is 0 Å². The van der Waals surface area contributed by atoms with Crippen molar-refractivity contribution < 1.29 is 14.0 Å². The van der Waals surface area contributed by atoms with Gasteiger partial charge < -0.3 is 10.2 Å². The summed E-state index contributed by atoms with van der Waals surface area (Å²) in [7, 11) is 0. The van der Waals surface area contributed by atoms with Crippen molar-refractivity contribution in [2.75, 3.05) is 13.1 Å². The number of alkyl halides is 1. The number of nitrogens with zero attached hydrogens (tertiary/aromatic N) is 1. The van der Waals surface area contributed by atoms with Gasteiger partial charge in [0.1, 0.15) is 0 Å². The minimum absolute atomic E-state index is 0.0150. The first kappa shape index (κ1) is 10.9. The molecule has 80 valence electrons. The summed E-state index contributed by atoms with van der Waals surface area (Å²) >= 11 is 0. The number of amides is 2. The molecule has 0 aliphatic carbocycles. The molecule has 0 aromatic carbocycles. The molecule has 5 heteroatoms. The Hall–Kier alpha value is -1.13. The smallest absolute Gasteiger partial charge is 0.259 e. The summed E-state index contributed by atoms with van der Waals surface area (Å²) in [6, 6.07) is -0.0150. The second-order valence-corrected chi connectivity index (χ2v) is 4.08. The number of likely N-dealkylation sites (tertiary alicyclic amines) is 1. The Morgan fingerprint density at radius 2 is 1.93 bits per heavy atom. The molecule has 0 aromatic rings. The predicted octanol–water partition coefficient (Wildman–Crippen LogP) is 0.0814. The molecule has 0 radical (unpaired) electrons. The fraction of sp³-hybridized carbons (Fsp3) is 0.778. The van der Waals surface area contributed by atoms with Gasteiger partial charge in [0.15, 0.2) is 5.67 Å². The molecule has 0 aromatic heterocycles. The number of carbonyl (C=O) groups is 2. The van der Waals surface area contributed by atoms with E-state index in [-0.39, 0.29) is 11.9 Å². The van der Waals surface area contributed by atoms with Crippen LogP contribution in [0, 0.1) is 0 Å². The SMILES string of the molecule is CC(=O)NC1CN(C(=O)C(C)(C)F)C1. The number of carbonyl (C=O) groups excluding carboxylic acids is 2. The van der Waals surface area contributed by atoms with E-state index in [0.29, 0.717) is 13.1 Å². The third-order valence-corrected chi connectivity index (χ3v) is 2.08. The Morgan fingerprint density at radius 1 is 1.43 bits per heavy atom. The van der Waals surface area contributed by atoms with Crippen LogP contribution in [-0.4, -0.2) is 41.5 Å². The zero-order valence-electron chi connectivity index (χ0n) is 8.63. The molecule has 2 amide bonds. The fourth-order valence-electron chi connectivity index (χ4n) is 1.40. The van der Waals surface area contributed by atoms with E-state index in [4.69, 9.17) is 0 Å². The lowest BCUT2D eigenvalue weighted by molar-refractivity contribution is -0.147. The standard InChI is InChI=1S/C9H15FN2O2/c1-6(13)11-7-4-12(5-7)8(14)9(2,3)10/h7H,4-5H2,1-3H3,(H,11,13). The van der Waals surface area contributed by atoms with Crippen molar-refractivity contribution in [1.29, 1.82) is 0 Å². The van der Waals surface area contributed by atoms with Gasteiger partial charge in [0.05, 0.1) is 6.04 Å². The van der Waals surface area contributed by atoms with Crippen LogP contribution < -0.4 is 5.32 Å². The molecule has 0 unspecified atom stereocenters. The number of halogens is 1. The van der Waals surface area contributed by atoms with E-state index in [1.165, 1.54) is 25.7 Å². The number of hydrogen-bond donors (Lipinski definition) is 1. The largest absolute Gasteiger partial charge is 0.350 e. The predicted molar refractivity (Wildman–Crippen MR) is 49.4 cm³/mol. The van der Waals surface area contributed by atoms with Crippen LogP contribution in [0.3, 0.4) is 0 Å². The van der Waals surface area contributed by atoms with Gasteiger partial charge in [0.2, 0.25) is 5.91 Å². The van der Waals surface area contributed by atoms with Crippen molar-refractivity contribution in [3.8, 4) is 0 Å². The highest BCUT2D eigenvalue weighted by molar-refractivity contribution is 5.85. The van der Waals surface area contributed by atoms with Crippen LogP contribution in [0.1, 0.15) is 20.8 Å². The average molecular weight is 202 g/mol. The van der Waals surface area contributed by atoms with Crippen LogP contribution in [0.15, 0.2) is 0 Å². The second kappa shape index (κ2) is 3.55. The molecule has 0 bridgehead atoms. The van der Waals surface area contributed by atoms with Crippen LogP contribution in [0.5, 0.6) is 0 Å². The molecule has 1 aliphatic rings. The lowest BCUT2D eigenvalue weighted by Crippen LogP contribution is -2.63. The Labute approximate surface area is 82.5 Å². The van der Waals surface area contributed by atoms with Crippen LogP contribution in [0.2, 0.25) is 0 Å². The topological polar surface area (TPSA) is 49.4 Å². The van der Waals surface area contributed by atoms with E-state index in [9.17, 15) is 14.0 Å². The zero-order valence-corrected chi connectivity index (χ0v) is 8.63. The maximum Gasteiger partial charge on any atom is 0.259 e. The molecule has 4 nitrogen and oxygen atoms in total. The normalized spacial score (nSPS) is 17.6. The molecule has 1 fully saturated rings. The van der Waals surface area contributed by atoms with Gasteiger partial charge in [-0.1, -0.05) is 0 Å². The monoisotopic (exact) mass is 202 g/mol. The summed E-state index contributed by atoms with van der Waals surface area (Å²) in [5.41, 5.74) is -1.82. The van der Waals surface area contributed by atoms with E-state index < -0.39 is 11.6 Å². The van der Waals surface area contributed by atoms with E-state index in [0.717, 1.165) is 0 Å². The molecule has 1 saturated heterocycles. The Bertz CT molecular complexity index is 254. The van der Waals surface area contributed by atoms with E-state index >= 15 is 0 Å². The molecule has 14 heavy (non-hydrogen) atoms.